The second-order valence-electron chi connectivity index (χ2n) is 6.26. The van der Waals surface area contributed by atoms with Crippen LogP contribution in [0, 0.1) is 13.8 Å². The Morgan fingerprint density at radius 2 is 2.13 bits per heavy atom. The standard InChI is InChI=1S/C17H22N4O2/c1-12-10-13(2)21(18-12)14-6-4-9-20(11-14)17(23)15-7-5-8-19(3)16(15)22/h5,7-8,10,14H,4,6,9,11H2,1-3H3/t14-/m0/s1. The molecular weight excluding hydrogens is 292 g/mol. The molecule has 0 aromatic carbocycles. The van der Waals surface area contributed by atoms with E-state index in [2.05, 4.69) is 5.10 Å². The lowest BCUT2D eigenvalue weighted by Crippen LogP contribution is -2.43. The number of aromatic nitrogens is 3. The maximum absolute atomic E-state index is 12.7. The molecule has 1 saturated heterocycles. The van der Waals surface area contributed by atoms with E-state index in [1.54, 1.807) is 30.3 Å². The van der Waals surface area contributed by atoms with Crippen LogP contribution in [0.1, 0.15) is 40.6 Å². The van der Waals surface area contributed by atoms with Gasteiger partial charge in [-0.2, -0.15) is 5.10 Å². The number of likely N-dealkylation sites (tertiary alicyclic amines) is 1. The molecule has 3 heterocycles. The molecule has 23 heavy (non-hydrogen) atoms. The van der Waals surface area contributed by atoms with E-state index < -0.39 is 0 Å². The minimum atomic E-state index is -0.245. The van der Waals surface area contributed by atoms with Gasteiger partial charge in [-0.05, 0) is 44.9 Å². The largest absolute Gasteiger partial charge is 0.336 e. The number of amides is 1. The number of hydrogen-bond acceptors (Lipinski definition) is 3. The van der Waals surface area contributed by atoms with Crippen molar-refractivity contribution in [3.8, 4) is 0 Å². The average Bonchev–Trinajstić information content (AvgIpc) is 2.88. The zero-order valence-corrected chi connectivity index (χ0v) is 13.8. The van der Waals surface area contributed by atoms with Crippen molar-refractivity contribution in [3.05, 3.63) is 51.7 Å². The molecule has 0 unspecified atom stereocenters. The maximum atomic E-state index is 12.7. The molecule has 2 aromatic rings. The predicted octanol–water partition coefficient (Wildman–Crippen LogP) is 1.68. The van der Waals surface area contributed by atoms with E-state index in [0.29, 0.717) is 13.1 Å². The number of nitrogens with zero attached hydrogens (tertiary/aromatic N) is 4. The van der Waals surface area contributed by atoms with Crippen LogP contribution in [0.5, 0.6) is 0 Å². The lowest BCUT2D eigenvalue weighted by atomic mass is 10.0. The zero-order chi connectivity index (χ0) is 16.6. The monoisotopic (exact) mass is 314 g/mol. The molecular formula is C17H22N4O2. The van der Waals surface area contributed by atoms with Gasteiger partial charge in [0.25, 0.3) is 11.5 Å². The zero-order valence-electron chi connectivity index (χ0n) is 13.8. The van der Waals surface area contributed by atoms with Crippen molar-refractivity contribution in [3.63, 3.8) is 0 Å². The van der Waals surface area contributed by atoms with Crippen molar-refractivity contribution >= 4 is 5.91 Å². The summed E-state index contributed by atoms with van der Waals surface area (Å²) in [5, 5.41) is 4.54. The minimum Gasteiger partial charge on any atom is -0.336 e. The summed E-state index contributed by atoms with van der Waals surface area (Å²) in [6, 6.07) is 5.57. The van der Waals surface area contributed by atoms with E-state index in [-0.39, 0.29) is 23.1 Å². The fourth-order valence-corrected chi connectivity index (χ4v) is 3.29. The van der Waals surface area contributed by atoms with Crippen LogP contribution < -0.4 is 5.56 Å². The molecule has 122 valence electrons. The molecule has 1 atom stereocenters. The smallest absolute Gasteiger partial charge is 0.263 e. The number of carbonyl (C=O) groups is 1. The number of rotatable bonds is 2. The summed E-state index contributed by atoms with van der Waals surface area (Å²) < 4.78 is 3.45. The third-order valence-electron chi connectivity index (χ3n) is 4.43. The summed E-state index contributed by atoms with van der Waals surface area (Å²) in [6.45, 7) is 5.29. The summed E-state index contributed by atoms with van der Waals surface area (Å²) in [6.07, 6.45) is 3.58. The summed E-state index contributed by atoms with van der Waals surface area (Å²) in [5.74, 6) is -0.183. The molecule has 6 heteroatoms. The van der Waals surface area contributed by atoms with Gasteiger partial charge in [0.15, 0.2) is 0 Å². The first-order chi connectivity index (χ1) is 11.0. The number of pyridine rings is 1. The van der Waals surface area contributed by atoms with Gasteiger partial charge in [-0.15, -0.1) is 0 Å². The second kappa shape index (κ2) is 6.02. The predicted molar refractivity (Wildman–Crippen MR) is 87.6 cm³/mol. The van der Waals surface area contributed by atoms with Gasteiger partial charge in [0.05, 0.1) is 11.7 Å². The van der Waals surface area contributed by atoms with Gasteiger partial charge in [-0.3, -0.25) is 14.3 Å². The molecule has 1 aliphatic heterocycles. The lowest BCUT2D eigenvalue weighted by molar-refractivity contribution is 0.0669. The van der Waals surface area contributed by atoms with Gasteiger partial charge < -0.3 is 9.47 Å². The first-order valence-corrected chi connectivity index (χ1v) is 7.95. The third-order valence-corrected chi connectivity index (χ3v) is 4.43. The fourth-order valence-electron chi connectivity index (χ4n) is 3.29. The molecule has 2 aromatic heterocycles. The van der Waals surface area contributed by atoms with Gasteiger partial charge in [-0.1, -0.05) is 0 Å². The molecule has 0 bridgehead atoms. The second-order valence-corrected chi connectivity index (χ2v) is 6.26. The molecule has 0 aliphatic carbocycles. The van der Waals surface area contributed by atoms with Crippen LogP contribution in [0.4, 0.5) is 0 Å². The first-order valence-electron chi connectivity index (χ1n) is 7.95. The minimum absolute atomic E-state index is 0.175. The highest BCUT2D eigenvalue weighted by molar-refractivity contribution is 5.93. The van der Waals surface area contributed by atoms with Crippen LogP contribution in [0.3, 0.4) is 0 Å². The van der Waals surface area contributed by atoms with E-state index in [1.807, 2.05) is 24.6 Å². The van der Waals surface area contributed by atoms with Crippen LogP contribution in [-0.2, 0) is 7.05 Å². The summed E-state index contributed by atoms with van der Waals surface area (Å²) >= 11 is 0. The van der Waals surface area contributed by atoms with Crippen LogP contribution >= 0.6 is 0 Å². The molecule has 0 saturated carbocycles. The molecule has 1 amide bonds. The van der Waals surface area contributed by atoms with Crippen LogP contribution in [0.2, 0.25) is 0 Å². The Hall–Kier alpha value is -2.37. The molecule has 1 aliphatic rings. The normalized spacial score (nSPS) is 18.2. The van der Waals surface area contributed by atoms with Gasteiger partial charge in [0.2, 0.25) is 0 Å². The summed E-state index contributed by atoms with van der Waals surface area (Å²) in [5.41, 5.74) is 2.09. The highest BCUT2D eigenvalue weighted by Crippen LogP contribution is 2.23. The van der Waals surface area contributed by atoms with Gasteiger partial charge in [-0.25, -0.2) is 0 Å². The fraction of sp³-hybridized carbons (Fsp3) is 0.471. The average molecular weight is 314 g/mol. The van der Waals surface area contributed by atoms with Crippen molar-refractivity contribution in [2.75, 3.05) is 13.1 Å². The van der Waals surface area contributed by atoms with E-state index in [1.165, 1.54) is 4.57 Å². The Morgan fingerprint density at radius 1 is 1.35 bits per heavy atom. The summed E-state index contributed by atoms with van der Waals surface area (Å²) in [4.78, 5) is 26.7. The number of piperidine rings is 1. The Bertz CT molecular complexity index is 790. The molecule has 0 radical (unpaired) electrons. The Balaban J connectivity index is 1.83. The summed E-state index contributed by atoms with van der Waals surface area (Å²) in [7, 11) is 1.66. The maximum Gasteiger partial charge on any atom is 0.263 e. The highest BCUT2D eigenvalue weighted by Gasteiger charge is 2.28. The molecule has 1 fully saturated rings. The number of carbonyl (C=O) groups excluding carboxylic acids is 1. The number of hydrogen-bond donors (Lipinski definition) is 0. The molecule has 6 nitrogen and oxygen atoms in total. The Kier molecular flexibility index (Phi) is 4.07. The van der Waals surface area contributed by atoms with Gasteiger partial charge >= 0.3 is 0 Å². The van der Waals surface area contributed by atoms with E-state index in [4.69, 9.17) is 0 Å². The van der Waals surface area contributed by atoms with E-state index in [9.17, 15) is 9.59 Å². The molecule has 0 spiro atoms. The quantitative estimate of drug-likeness (QED) is 0.847. The van der Waals surface area contributed by atoms with E-state index >= 15 is 0 Å². The van der Waals surface area contributed by atoms with Crippen LogP contribution in [-0.4, -0.2) is 38.2 Å². The van der Waals surface area contributed by atoms with Gasteiger partial charge in [0.1, 0.15) is 5.56 Å². The SMILES string of the molecule is Cc1cc(C)n([C@H]2CCCN(C(=O)c3cccn(C)c3=O)C2)n1. The van der Waals surface area contributed by atoms with Crippen molar-refractivity contribution in [1.29, 1.82) is 0 Å². The van der Waals surface area contributed by atoms with Crippen LogP contribution in [0.25, 0.3) is 0 Å². The first kappa shape index (κ1) is 15.5. The van der Waals surface area contributed by atoms with Gasteiger partial charge in [0, 0.05) is 32.0 Å². The van der Waals surface area contributed by atoms with Crippen molar-refractivity contribution in [1.82, 2.24) is 19.2 Å². The lowest BCUT2D eigenvalue weighted by Gasteiger charge is -2.33. The van der Waals surface area contributed by atoms with E-state index in [0.717, 1.165) is 24.2 Å². The molecule has 3 rings (SSSR count). The highest BCUT2D eigenvalue weighted by atomic mass is 16.2. The Morgan fingerprint density at radius 3 is 2.83 bits per heavy atom. The van der Waals surface area contributed by atoms with Crippen molar-refractivity contribution in [2.24, 2.45) is 7.05 Å². The van der Waals surface area contributed by atoms with Crippen molar-refractivity contribution < 1.29 is 4.79 Å². The third kappa shape index (κ3) is 2.93. The molecule has 0 N–H and O–H groups in total. The van der Waals surface area contributed by atoms with Crippen molar-refractivity contribution in [2.45, 2.75) is 32.7 Å². The van der Waals surface area contributed by atoms with Crippen LogP contribution in [0.15, 0.2) is 29.2 Å². The topological polar surface area (TPSA) is 60.1 Å². The Labute approximate surface area is 135 Å². The number of aryl methyl sites for hydroxylation is 3.